The summed E-state index contributed by atoms with van der Waals surface area (Å²) in [5, 5.41) is 10.9. The van der Waals surface area contributed by atoms with Crippen LogP contribution in [0.4, 0.5) is 0 Å². The number of carbonyl (C=O) groups is 1. The molecule has 0 saturated heterocycles. The maximum Gasteiger partial charge on any atom is 0.343 e. The Morgan fingerprint density at radius 3 is 2.77 bits per heavy atom. The lowest BCUT2D eigenvalue weighted by molar-refractivity contribution is 0.0454. The highest BCUT2D eigenvalue weighted by Gasteiger charge is 2.14. The molecule has 0 bridgehead atoms. The molecule has 0 spiro atoms. The van der Waals surface area contributed by atoms with Gasteiger partial charge >= 0.3 is 5.97 Å². The van der Waals surface area contributed by atoms with Crippen LogP contribution in [-0.2, 0) is 9.84 Å². The molecule has 13 heavy (non-hydrogen) atoms. The Morgan fingerprint density at radius 1 is 1.62 bits per heavy atom. The second-order valence-electron chi connectivity index (χ2n) is 3.21. The fourth-order valence-corrected chi connectivity index (χ4v) is 0.835. The predicted octanol–water partition coefficient (Wildman–Crippen LogP) is 1.97. The molecule has 0 aliphatic carbocycles. The minimum absolute atomic E-state index is 0.0700. The summed E-state index contributed by atoms with van der Waals surface area (Å²) in [4.78, 5) is 13.6. The van der Waals surface area contributed by atoms with E-state index < -0.39 is 11.8 Å². The molecule has 1 N–H and O–H groups in total. The van der Waals surface area contributed by atoms with Gasteiger partial charge in [-0.2, -0.15) is 0 Å². The Balaban J connectivity index is 2.54. The Morgan fingerprint density at radius 2 is 2.31 bits per heavy atom. The quantitative estimate of drug-likeness (QED) is 0.726. The number of H-pyrrole nitrogens is 1. The van der Waals surface area contributed by atoms with Crippen LogP contribution in [-0.4, -0.2) is 17.6 Å². The summed E-state index contributed by atoms with van der Waals surface area (Å²) in [5.41, 5.74) is 0.0700. The lowest BCUT2D eigenvalue weighted by Crippen LogP contribution is -2.09. The fraction of sp³-hybridized carbons (Fsp3) is 0.444. The molecule has 1 rings (SSSR count). The summed E-state index contributed by atoms with van der Waals surface area (Å²) in [5.74, 6) is -0.674. The molecular formula is C9H12NO3. The van der Waals surface area contributed by atoms with Gasteiger partial charge in [-0.1, -0.05) is 13.8 Å². The number of aromatic nitrogens is 1. The number of carbonyl (C=O) groups excluding carboxylic acids is 1. The number of ether oxygens (including phenoxy) is 1. The standard InChI is InChI=1S/C9H12NO3/c1-6(2)5-13-9(12)7-3-4-10-8(7)11/h3-4,6,10H,5H2,1-2H3. The molecule has 71 valence electrons. The monoisotopic (exact) mass is 182 g/mol. The normalized spacial score (nSPS) is 10.4. The zero-order valence-corrected chi connectivity index (χ0v) is 7.66. The highest BCUT2D eigenvalue weighted by Crippen LogP contribution is 2.15. The van der Waals surface area contributed by atoms with E-state index in [1.165, 1.54) is 12.3 Å². The van der Waals surface area contributed by atoms with E-state index in [2.05, 4.69) is 4.98 Å². The Kier molecular flexibility index (Phi) is 2.95. The predicted molar refractivity (Wildman–Crippen MR) is 46.0 cm³/mol. The van der Waals surface area contributed by atoms with Crippen molar-refractivity contribution in [3.05, 3.63) is 17.8 Å². The first-order valence-electron chi connectivity index (χ1n) is 4.12. The van der Waals surface area contributed by atoms with Gasteiger partial charge in [0, 0.05) is 6.20 Å². The van der Waals surface area contributed by atoms with Gasteiger partial charge < -0.3 is 9.72 Å². The summed E-state index contributed by atoms with van der Waals surface area (Å²) in [6.07, 6.45) is 1.42. The van der Waals surface area contributed by atoms with Crippen molar-refractivity contribution < 1.29 is 14.6 Å². The van der Waals surface area contributed by atoms with Gasteiger partial charge in [-0.25, -0.2) is 4.79 Å². The van der Waals surface area contributed by atoms with Crippen molar-refractivity contribution >= 4 is 5.97 Å². The van der Waals surface area contributed by atoms with Gasteiger partial charge in [0.05, 0.1) is 6.61 Å². The van der Waals surface area contributed by atoms with Crippen molar-refractivity contribution in [3.8, 4) is 5.88 Å². The van der Waals surface area contributed by atoms with Gasteiger partial charge in [0.1, 0.15) is 5.56 Å². The van der Waals surface area contributed by atoms with E-state index in [4.69, 9.17) is 4.74 Å². The van der Waals surface area contributed by atoms with Crippen molar-refractivity contribution in [1.82, 2.24) is 4.98 Å². The average molecular weight is 182 g/mol. The summed E-state index contributed by atoms with van der Waals surface area (Å²) in [6.45, 7) is 4.20. The van der Waals surface area contributed by atoms with E-state index in [0.29, 0.717) is 6.61 Å². The number of hydrogen-bond donors (Lipinski definition) is 1. The number of rotatable bonds is 3. The molecule has 0 unspecified atom stereocenters. The van der Waals surface area contributed by atoms with E-state index in [1.54, 1.807) is 0 Å². The molecule has 4 nitrogen and oxygen atoms in total. The largest absolute Gasteiger partial charge is 0.462 e. The Labute approximate surface area is 76.5 Å². The fourth-order valence-electron chi connectivity index (χ4n) is 0.835. The molecule has 0 aliphatic heterocycles. The van der Waals surface area contributed by atoms with Crippen LogP contribution in [0.15, 0.2) is 12.3 Å². The van der Waals surface area contributed by atoms with Crippen LogP contribution < -0.4 is 0 Å². The zero-order valence-electron chi connectivity index (χ0n) is 7.66. The van der Waals surface area contributed by atoms with Gasteiger partial charge in [-0.3, -0.25) is 5.11 Å². The summed E-state index contributed by atoms with van der Waals surface area (Å²) < 4.78 is 4.87. The van der Waals surface area contributed by atoms with E-state index in [9.17, 15) is 9.90 Å². The van der Waals surface area contributed by atoms with Crippen molar-refractivity contribution in [2.24, 2.45) is 5.92 Å². The van der Waals surface area contributed by atoms with Crippen LogP contribution in [0.1, 0.15) is 24.2 Å². The van der Waals surface area contributed by atoms with Gasteiger partial charge in [0.25, 0.3) is 5.88 Å². The topological polar surface area (TPSA) is 62.0 Å². The minimum atomic E-state index is -0.556. The van der Waals surface area contributed by atoms with Gasteiger partial charge in [0.15, 0.2) is 0 Å². The highest BCUT2D eigenvalue weighted by molar-refractivity contribution is 5.91. The molecule has 1 radical (unpaired) electrons. The van der Waals surface area contributed by atoms with Gasteiger partial charge in [-0.05, 0) is 12.0 Å². The van der Waals surface area contributed by atoms with Crippen molar-refractivity contribution in [2.75, 3.05) is 6.61 Å². The van der Waals surface area contributed by atoms with Crippen molar-refractivity contribution in [2.45, 2.75) is 13.8 Å². The molecule has 0 aliphatic rings. The first-order chi connectivity index (χ1) is 6.11. The molecule has 0 fully saturated rings. The second-order valence-corrected chi connectivity index (χ2v) is 3.21. The molecule has 0 aromatic carbocycles. The number of esters is 1. The number of nitrogens with one attached hydrogen (secondary N) is 1. The Hall–Kier alpha value is -1.45. The molecule has 4 heteroatoms. The van der Waals surface area contributed by atoms with Crippen molar-refractivity contribution in [1.29, 1.82) is 0 Å². The SMILES string of the molecule is CC(C)COC(=O)c1cc[nH]c1[O]. The van der Waals surface area contributed by atoms with Crippen molar-refractivity contribution in [3.63, 3.8) is 0 Å². The van der Waals surface area contributed by atoms with Gasteiger partial charge in [-0.15, -0.1) is 0 Å². The first-order valence-corrected chi connectivity index (χ1v) is 4.12. The number of hydrogen-bond acceptors (Lipinski definition) is 2. The molecule has 1 heterocycles. The third-order valence-corrected chi connectivity index (χ3v) is 1.48. The minimum Gasteiger partial charge on any atom is -0.462 e. The Bertz CT molecular complexity index is 291. The summed E-state index contributed by atoms with van der Waals surface area (Å²) >= 11 is 0. The lowest BCUT2D eigenvalue weighted by atomic mass is 10.2. The van der Waals surface area contributed by atoms with Crippen LogP contribution in [0, 0.1) is 5.92 Å². The molecule has 0 atom stereocenters. The van der Waals surface area contributed by atoms with E-state index in [1.807, 2.05) is 13.8 Å². The van der Waals surface area contributed by atoms with E-state index >= 15 is 0 Å². The molecule has 0 saturated carbocycles. The third-order valence-electron chi connectivity index (χ3n) is 1.48. The van der Waals surface area contributed by atoms with Crippen LogP contribution in [0.25, 0.3) is 0 Å². The number of aromatic amines is 1. The van der Waals surface area contributed by atoms with E-state index in [0.717, 1.165) is 0 Å². The van der Waals surface area contributed by atoms with E-state index in [-0.39, 0.29) is 11.5 Å². The maximum absolute atomic E-state index is 11.2. The van der Waals surface area contributed by atoms with Crippen LogP contribution in [0.5, 0.6) is 5.88 Å². The second kappa shape index (κ2) is 3.98. The average Bonchev–Trinajstić information content (AvgIpc) is 2.47. The summed E-state index contributed by atoms with van der Waals surface area (Å²) in [7, 11) is 0. The first kappa shape index (κ1) is 9.64. The zero-order chi connectivity index (χ0) is 9.84. The highest BCUT2D eigenvalue weighted by atomic mass is 16.5. The van der Waals surface area contributed by atoms with Crippen LogP contribution in [0.3, 0.4) is 0 Å². The molecular weight excluding hydrogens is 170 g/mol. The third kappa shape index (κ3) is 2.50. The van der Waals surface area contributed by atoms with Gasteiger partial charge in [0.2, 0.25) is 0 Å². The lowest BCUT2D eigenvalue weighted by Gasteiger charge is -2.05. The molecule has 1 aromatic heterocycles. The molecule has 0 amide bonds. The smallest absolute Gasteiger partial charge is 0.343 e. The maximum atomic E-state index is 11.2. The molecule has 1 aromatic rings. The van der Waals surface area contributed by atoms with Crippen LogP contribution in [0.2, 0.25) is 0 Å². The summed E-state index contributed by atoms with van der Waals surface area (Å²) in [6, 6.07) is 1.42. The van der Waals surface area contributed by atoms with Crippen LogP contribution >= 0.6 is 0 Å².